The van der Waals surface area contributed by atoms with Crippen LogP contribution in [0.15, 0.2) is 65.8 Å². The molecular weight excluding hydrogens is 354 g/mol. The third kappa shape index (κ3) is 4.40. The number of methoxy groups -OCH3 is 2. The van der Waals surface area contributed by atoms with Crippen molar-refractivity contribution in [3.63, 3.8) is 0 Å². The third-order valence-electron chi connectivity index (χ3n) is 4.35. The number of anilines is 1. The van der Waals surface area contributed by atoms with Crippen LogP contribution in [0.3, 0.4) is 0 Å². The van der Waals surface area contributed by atoms with Crippen LogP contribution in [0.25, 0.3) is 10.8 Å². The van der Waals surface area contributed by atoms with E-state index in [2.05, 4.69) is 15.8 Å². The standard InChI is InChI=1S/C22H23N3O3/c1-15(24-19-10-6-8-17-7-4-5-9-18(17)19)22(26)25-23-14-16-11-12-20(27-2)21(13-16)28-3/h4-15,24H,1-3H3,(H,25,26). The number of hydrogen-bond acceptors (Lipinski definition) is 5. The second-order valence-corrected chi connectivity index (χ2v) is 6.24. The summed E-state index contributed by atoms with van der Waals surface area (Å²) in [6.07, 6.45) is 1.56. The van der Waals surface area contributed by atoms with Crippen LogP contribution < -0.4 is 20.2 Å². The number of ether oxygens (including phenoxy) is 2. The van der Waals surface area contributed by atoms with Gasteiger partial charge in [0.15, 0.2) is 11.5 Å². The molecule has 0 aliphatic carbocycles. The Kier molecular flexibility index (Phi) is 6.11. The summed E-state index contributed by atoms with van der Waals surface area (Å²) < 4.78 is 10.5. The molecule has 0 aliphatic heterocycles. The normalized spacial score (nSPS) is 12.0. The number of rotatable bonds is 7. The van der Waals surface area contributed by atoms with Crippen molar-refractivity contribution in [2.24, 2.45) is 5.10 Å². The molecule has 2 N–H and O–H groups in total. The lowest BCUT2D eigenvalue weighted by molar-refractivity contribution is -0.121. The Morgan fingerprint density at radius 1 is 1.00 bits per heavy atom. The van der Waals surface area contributed by atoms with Crippen LogP contribution in [0, 0.1) is 0 Å². The molecule has 1 atom stereocenters. The monoisotopic (exact) mass is 377 g/mol. The van der Waals surface area contributed by atoms with E-state index in [1.807, 2.05) is 48.5 Å². The number of carbonyl (C=O) groups is 1. The highest BCUT2D eigenvalue weighted by Gasteiger charge is 2.13. The molecule has 1 unspecified atom stereocenters. The highest BCUT2D eigenvalue weighted by molar-refractivity contribution is 5.96. The van der Waals surface area contributed by atoms with Gasteiger partial charge in [-0.2, -0.15) is 5.10 Å². The van der Waals surface area contributed by atoms with Gasteiger partial charge in [0.2, 0.25) is 0 Å². The van der Waals surface area contributed by atoms with E-state index in [-0.39, 0.29) is 5.91 Å². The SMILES string of the molecule is COc1ccc(C=NNC(=O)C(C)Nc2cccc3ccccc23)cc1OC. The average molecular weight is 377 g/mol. The molecule has 0 spiro atoms. The smallest absolute Gasteiger partial charge is 0.262 e. The van der Waals surface area contributed by atoms with Gasteiger partial charge in [0.05, 0.1) is 20.4 Å². The zero-order valence-corrected chi connectivity index (χ0v) is 16.1. The fourth-order valence-corrected chi connectivity index (χ4v) is 2.85. The first-order valence-corrected chi connectivity index (χ1v) is 8.91. The number of hydrogen-bond donors (Lipinski definition) is 2. The minimum atomic E-state index is -0.451. The van der Waals surface area contributed by atoms with Gasteiger partial charge in [0.25, 0.3) is 5.91 Å². The van der Waals surface area contributed by atoms with E-state index in [1.54, 1.807) is 39.5 Å². The second-order valence-electron chi connectivity index (χ2n) is 6.24. The largest absolute Gasteiger partial charge is 0.493 e. The molecule has 0 radical (unpaired) electrons. The first kappa shape index (κ1) is 19.2. The number of amides is 1. The van der Waals surface area contributed by atoms with Crippen molar-refractivity contribution in [2.45, 2.75) is 13.0 Å². The van der Waals surface area contributed by atoms with Crippen molar-refractivity contribution in [3.8, 4) is 11.5 Å². The van der Waals surface area contributed by atoms with Gasteiger partial charge in [-0.25, -0.2) is 5.43 Å². The van der Waals surface area contributed by atoms with Crippen molar-refractivity contribution in [1.29, 1.82) is 0 Å². The van der Waals surface area contributed by atoms with Crippen LogP contribution >= 0.6 is 0 Å². The highest BCUT2D eigenvalue weighted by atomic mass is 16.5. The summed E-state index contributed by atoms with van der Waals surface area (Å²) in [5.41, 5.74) is 4.25. The summed E-state index contributed by atoms with van der Waals surface area (Å²) in [5.74, 6) is 1.00. The average Bonchev–Trinajstić information content (AvgIpc) is 2.73. The van der Waals surface area contributed by atoms with Crippen LogP contribution in [-0.4, -0.2) is 32.4 Å². The molecule has 28 heavy (non-hydrogen) atoms. The number of hydrazone groups is 1. The molecule has 0 heterocycles. The van der Waals surface area contributed by atoms with Gasteiger partial charge < -0.3 is 14.8 Å². The summed E-state index contributed by atoms with van der Waals surface area (Å²) in [6, 6.07) is 18.9. The molecule has 3 aromatic rings. The molecule has 6 nitrogen and oxygen atoms in total. The van der Waals surface area contributed by atoms with Gasteiger partial charge >= 0.3 is 0 Å². The second kappa shape index (κ2) is 8.90. The van der Waals surface area contributed by atoms with Gasteiger partial charge in [0, 0.05) is 11.1 Å². The van der Waals surface area contributed by atoms with Crippen LogP contribution in [0.1, 0.15) is 12.5 Å². The van der Waals surface area contributed by atoms with Crippen LogP contribution in [0.5, 0.6) is 11.5 Å². The molecular formula is C22H23N3O3. The summed E-state index contributed by atoms with van der Waals surface area (Å²) in [4.78, 5) is 12.4. The lowest BCUT2D eigenvalue weighted by Crippen LogP contribution is -2.34. The Balaban J connectivity index is 1.63. The van der Waals surface area contributed by atoms with Gasteiger partial charge in [-0.15, -0.1) is 0 Å². The van der Waals surface area contributed by atoms with Crippen LogP contribution in [-0.2, 0) is 4.79 Å². The van der Waals surface area contributed by atoms with Crippen molar-refractivity contribution in [3.05, 3.63) is 66.2 Å². The van der Waals surface area contributed by atoms with Gasteiger partial charge in [-0.3, -0.25) is 4.79 Å². The number of benzene rings is 3. The third-order valence-corrected chi connectivity index (χ3v) is 4.35. The predicted molar refractivity (Wildman–Crippen MR) is 112 cm³/mol. The molecule has 0 saturated carbocycles. The summed E-state index contributed by atoms with van der Waals surface area (Å²) in [5, 5.41) is 9.47. The quantitative estimate of drug-likeness (QED) is 0.485. The molecule has 0 aliphatic rings. The molecule has 3 rings (SSSR count). The lowest BCUT2D eigenvalue weighted by Gasteiger charge is -2.15. The number of fused-ring (bicyclic) bond motifs is 1. The predicted octanol–water partition coefficient (Wildman–Crippen LogP) is 3.81. The van der Waals surface area contributed by atoms with E-state index in [4.69, 9.17) is 9.47 Å². The first-order chi connectivity index (χ1) is 13.6. The van der Waals surface area contributed by atoms with Gasteiger partial charge in [-0.05, 0) is 42.1 Å². The van der Waals surface area contributed by atoms with Crippen molar-refractivity contribution >= 4 is 28.6 Å². The van der Waals surface area contributed by atoms with E-state index in [9.17, 15) is 4.79 Å². The van der Waals surface area contributed by atoms with E-state index >= 15 is 0 Å². The zero-order chi connectivity index (χ0) is 19.9. The maximum atomic E-state index is 12.4. The van der Waals surface area contributed by atoms with Crippen LogP contribution in [0.2, 0.25) is 0 Å². The van der Waals surface area contributed by atoms with E-state index in [1.165, 1.54) is 0 Å². The molecule has 3 aromatic carbocycles. The zero-order valence-electron chi connectivity index (χ0n) is 16.1. The topological polar surface area (TPSA) is 72.0 Å². The lowest BCUT2D eigenvalue weighted by atomic mass is 10.1. The number of nitrogens with zero attached hydrogens (tertiary/aromatic N) is 1. The molecule has 6 heteroatoms. The van der Waals surface area contributed by atoms with E-state index in [0.29, 0.717) is 11.5 Å². The fourth-order valence-electron chi connectivity index (χ4n) is 2.85. The summed E-state index contributed by atoms with van der Waals surface area (Å²) in [6.45, 7) is 1.79. The Hall–Kier alpha value is -3.54. The maximum Gasteiger partial charge on any atom is 0.262 e. The number of carbonyl (C=O) groups excluding carboxylic acids is 1. The fraction of sp³-hybridized carbons (Fsp3) is 0.182. The van der Waals surface area contributed by atoms with E-state index < -0.39 is 6.04 Å². The minimum absolute atomic E-state index is 0.232. The molecule has 0 saturated heterocycles. The van der Waals surface area contributed by atoms with Crippen molar-refractivity contribution in [1.82, 2.24) is 5.43 Å². The van der Waals surface area contributed by atoms with E-state index in [0.717, 1.165) is 22.0 Å². The molecule has 144 valence electrons. The summed E-state index contributed by atoms with van der Waals surface area (Å²) in [7, 11) is 3.15. The molecule has 0 bridgehead atoms. The first-order valence-electron chi connectivity index (χ1n) is 8.91. The van der Waals surface area contributed by atoms with Gasteiger partial charge in [0.1, 0.15) is 6.04 Å². The number of nitrogens with one attached hydrogen (secondary N) is 2. The Morgan fingerprint density at radius 2 is 1.75 bits per heavy atom. The Labute approximate surface area is 164 Å². The Morgan fingerprint density at radius 3 is 2.54 bits per heavy atom. The summed E-state index contributed by atoms with van der Waals surface area (Å²) >= 11 is 0. The van der Waals surface area contributed by atoms with Gasteiger partial charge in [-0.1, -0.05) is 36.4 Å². The van der Waals surface area contributed by atoms with Crippen molar-refractivity contribution in [2.75, 3.05) is 19.5 Å². The maximum absolute atomic E-state index is 12.4. The molecule has 0 aromatic heterocycles. The van der Waals surface area contributed by atoms with Crippen molar-refractivity contribution < 1.29 is 14.3 Å². The van der Waals surface area contributed by atoms with Crippen LogP contribution in [0.4, 0.5) is 5.69 Å². The highest BCUT2D eigenvalue weighted by Crippen LogP contribution is 2.27. The molecule has 0 fully saturated rings. The Bertz CT molecular complexity index is 996. The molecule has 1 amide bonds. The minimum Gasteiger partial charge on any atom is -0.493 e.